The van der Waals surface area contributed by atoms with Crippen LogP contribution in [0.25, 0.3) is 0 Å². The van der Waals surface area contributed by atoms with Gasteiger partial charge in [0.05, 0.1) is 10.5 Å². The van der Waals surface area contributed by atoms with Gasteiger partial charge in [0.15, 0.2) is 6.61 Å². The number of nitro benzene ring substituents is 1. The van der Waals surface area contributed by atoms with Crippen LogP contribution in [0.1, 0.15) is 42.4 Å². The average Bonchev–Trinajstić information content (AvgIpc) is 3.03. The summed E-state index contributed by atoms with van der Waals surface area (Å²) in [6.45, 7) is 7.23. The van der Waals surface area contributed by atoms with Gasteiger partial charge in [-0.1, -0.05) is 13.8 Å². The number of aromatic nitrogens is 2. The number of hydrogen-bond donors (Lipinski definition) is 0. The maximum Gasteiger partial charge on any atom is 0.338 e. The molecule has 0 bridgehead atoms. The average molecular weight is 374 g/mol. The molecule has 2 heterocycles. The molecule has 2 atom stereocenters. The van der Waals surface area contributed by atoms with E-state index in [1.807, 2.05) is 4.90 Å². The topological polar surface area (TPSA) is 112 Å². The highest BCUT2D eigenvalue weighted by Gasteiger charge is 2.28. The zero-order valence-corrected chi connectivity index (χ0v) is 15.5. The van der Waals surface area contributed by atoms with E-state index in [2.05, 4.69) is 24.0 Å². The van der Waals surface area contributed by atoms with E-state index in [-0.39, 0.29) is 23.7 Å². The van der Waals surface area contributed by atoms with Crippen LogP contribution in [0, 0.1) is 28.9 Å². The highest BCUT2D eigenvalue weighted by molar-refractivity contribution is 5.91. The van der Waals surface area contributed by atoms with E-state index < -0.39 is 10.9 Å². The third-order valence-corrected chi connectivity index (χ3v) is 4.51. The Morgan fingerprint density at radius 2 is 2.04 bits per heavy atom. The number of nitro groups is 1. The van der Waals surface area contributed by atoms with E-state index in [0.29, 0.717) is 23.4 Å². The van der Waals surface area contributed by atoms with Gasteiger partial charge in [0.2, 0.25) is 5.89 Å². The monoisotopic (exact) mass is 374 g/mol. The molecule has 9 heteroatoms. The van der Waals surface area contributed by atoms with Crippen LogP contribution >= 0.6 is 0 Å². The lowest BCUT2D eigenvalue weighted by Crippen LogP contribution is -2.39. The summed E-state index contributed by atoms with van der Waals surface area (Å²) in [7, 11) is 0. The Bertz CT molecular complexity index is 840. The molecule has 1 fully saturated rings. The molecule has 0 saturated carbocycles. The van der Waals surface area contributed by atoms with Crippen LogP contribution in [-0.4, -0.2) is 34.2 Å². The zero-order valence-electron chi connectivity index (χ0n) is 15.5. The first kappa shape index (κ1) is 18.8. The lowest BCUT2D eigenvalue weighted by Gasteiger charge is -2.36. The van der Waals surface area contributed by atoms with E-state index in [9.17, 15) is 14.9 Å². The number of rotatable bonds is 5. The molecule has 0 aliphatic carbocycles. The maximum absolute atomic E-state index is 12.2. The predicted molar refractivity (Wildman–Crippen MR) is 96.4 cm³/mol. The maximum atomic E-state index is 12.2. The number of benzene rings is 1. The largest absolute Gasteiger partial charge is 0.452 e. The Balaban J connectivity index is 1.78. The van der Waals surface area contributed by atoms with Crippen LogP contribution in [0.5, 0.6) is 0 Å². The summed E-state index contributed by atoms with van der Waals surface area (Å²) in [4.78, 5) is 25.4. The van der Waals surface area contributed by atoms with Crippen LogP contribution in [0.3, 0.4) is 0 Å². The van der Waals surface area contributed by atoms with Gasteiger partial charge < -0.3 is 14.1 Å². The van der Waals surface area contributed by atoms with Gasteiger partial charge in [0.25, 0.3) is 11.6 Å². The first-order valence-corrected chi connectivity index (χ1v) is 8.83. The van der Waals surface area contributed by atoms with Crippen molar-refractivity contribution in [3.63, 3.8) is 0 Å². The number of hydrogen-bond acceptors (Lipinski definition) is 8. The van der Waals surface area contributed by atoms with Crippen molar-refractivity contribution in [3.8, 4) is 0 Å². The number of anilines is 1. The smallest absolute Gasteiger partial charge is 0.338 e. The Kier molecular flexibility index (Phi) is 5.38. The Morgan fingerprint density at radius 1 is 1.33 bits per heavy atom. The number of carbonyl (C=O) groups excluding carboxylic acids is 1. The SMILES string of the molecule is Cc1nnc(COC(=O)c2ccc(N3C[C@H](C)C[C@H](C)C3)c([N+](=O)[O-])c2)o1. The van der Waals surface area contributed by atoms with Gasteiger partial charge in [0, 0.05) is 26.1 Å². The zero-order chi connectivity index (χ0) is 19.6. The molecular formula is C18H22N4O5. The van der Waals surface area contributed by atoms with Gasteiger partial charge >= 0.3 is 5.97 Å². The fraction of sp³-hybridized carbons (Fsp3) is 0.500. The molecular weight excluding hydrogens is 352 g/mol. The third kappa shape index (κ3) is 4.42. The predicted octanol–water partition coefficient (Wildman–Crippen LogP) is 3.13. The molecule has 1 aromatic carbocycles. The standard InChI is InChI=1S/C18H22N4O5/c1-11-6-12(2)9-21(8-11)15-5-4-14(7-16(15)22(24)25)18(23)26-10-17-20-19-13(3)27-17/h4-5,7,11-12H,6,8-10H2,1-3H3/t11-,12+. The minimum absolute atomic E-state index is 0.0978. The molecule has 9 nitrogen and oxygen atoms in total. The van der Waals surface area contributed by atoms with Crippen molar-refractivity contribution in [1.82, 2.24) is 10.2 Å². The lowest BCUT2D eigenvalue weighted by molar-refractivity contribution is -0.384. The van der Waals surface area contributed by atoms with Gasteiger partial charge in [-0.25, -0.2) is 4.79 Å². The summed E-state index contributed by atoms with van der Waals surface area (Å²) in [5.74, 6) is 0.766. The summed E-state index contributed by atoms with van der Waals surface area (Å²) in [6.07, 6.45) is 1.10. The number of aryl methyl sites for hydroxylation is 1. The number of ether oxygens (including phenoxy) is 1. The minimum Gasteiger partial charge on any atom is -0.452 e. The Hall–Kier alpha value is -2.97. The van der Waals surface area contributed by atoms with Crippen LogP contribution in [0.15, 0.2) is 22.6 Å². The second kappa shape index (κ2) is 7.73. The fourth-order valence-corrected chi connectivity index (χ4v) is 3.53. The number of nitrogens with zero attached hydrogens (tertiary/aromatic N) is 4. The van der Waals surface area contributed by atoms with E-state index in [0.717, 1.165) is 19.5 Å². The molecule has 144 valence electrons. The second-order valence-electron chi connectivity index (χ2n) is 7.10. The number of esters is 1. The van der Waals surface area contributed by atoms with Gasteiger partial charge in [0.1, 0.15) is 5.69 Å². The van der Waals surface area contributed by atoms with Crippen molar-refractivity contribution >= 4 is 17.3 Å². The summed E-state index contributed by atoms with van der Waals surface area (Å²) < 4.78 is 10.2. The van der Waals surface area contributed by atoms with Gasteiger partial charge in [-0.05, 0) is 30.4 Å². The van der Waals surface area contributed by atoms with Crippen LogP contribution in [0.4, 0.5) is 11.4 Å². The Morgan fingerprint density at radius 3 is 2.63 bits per heavy atom. The van der Waals surface area contributed by atoms with E-state index in [1.54, 1.807) is 19.1 Å². The molecule has 1 aliphatic rings. The summed E-state index contributed by atoms with van der Waals surface area (Å²) in [5.41, 5.74) is 0.543. The van der Waals surface area contributed by atoms with Crippen LogP contribution in [0.2, 0.25) is 0 Å². The molecule has 1 aromatic heterocycles. The van der Waals surface area contributed by atoms with Gasteiger partial charge in [-0.15, -0.1) is 10.2 Å². The summed E-state index contributed by atoms with van der Waals surface area (Å²) >= 11 is 0. The molecule has 2 aromatic rings. The highest BCUT2D eigenvalue weighted by atomic mass is 16.6. The van der Waals surface area contributed by atoms with Crippen molar-refractivity contribution in [2.24, 2.45) is 11.8 Å². The van der Waals surface area contributed by atoms with Crippen molar-refractivity contribution in [2.75, 3.05) is 18.0 Å². The number of piperidine rings is 1. The van der Waals surface area contributed by atoms with E-state index in [1.165, 1.54) is 6.07 Å². The second-order valence-corrected chi connectivity index (χ2v) is 7.10. The third-order valence-electron chi connectivity index (χ3n) is 4.51. The molecule has 27 heavy (non-hydrogen) atoms. The molecule has 0 unspecified atom stereocenters. The van der Waals surface area contributed by atoms with Crippen LogP contribution < -0.4 is 4.90 Å². The normalized spacial score (nSPS) is 19.7. The molecule has 0 amide bonds. The fourth-order valence-electron chi connectivity index (χ4n) is 3.53. The van der Waals surface area contributed by atoms with Gasteiger partial charge in [-0.3, -0.25) is 10.1 Å². The lowest BCUT2D eigenvalue weighted by atomic mass is 9.91. The summed E-state index contributed by atoms with van der Waals surface area (Å²) in [6, 6.07) is 4.44. The molecule has 0 spiro atoms. The van der Waals surface area contributed by atoms with Crippen LogP contribution in [-0.2, 0) is 11.3 Å². The van der Waals surface area contributed by atoms with Crippen molar-refractivity contribution in [3.05, 3.63) is 45.7 Å². The molecule has 0 radical (unpaired) electrons. The summed E-state index contributed by atoms with van der Waals surface area (Å²) in [5, 5.41) is 19.0. The molecule has 0 N–H and O–H groups in total. The molecule has 1 saturated heterocycles. The quantitative estimate of drug-likeness (QED) is 0.446. The van der Waals surface area contributed by atoms with E-state index >= 15 is 0 Å². The van der Waals surface area contributed by atoms with E-state index in [4.69, 9.17) is 9.15 Å². The van der Waals surface area contributed by atoms with Crippen molar-refractivity contribution in [2.45, 2.75) is 33.8 Å². The van der Waals surface area contributed by atoms with Crippen molar-refractivity contribution in [1.29, 1.82) is 0 Å². The molecule has 3 rings (SSSR count). The van der Waals surface area contributed by atoms with Gasteiger partial charge in [-0.2, -0.15) is 0 Å². The van der Waals surface area contributed by atoms with Crippen molar-refractivity contribution < 1.29 is 18.9 Å². The Labute approximate surface area is 156 Å². The number of carbonyl (C=O) groups is 1. The minimum atomic E-state index is -0.680. The first-order chi connectivity index (χ1) is 12.8. The molecule has 1 aliphatic heterocycles. The highest BCUT2D eigenvalue weighted by Crippen LogP contribution is 2.34. The first-order valence-electron chi connectivity index (χ1n) is 8.83.